The highest BCUT2D eigenvalue weighted by Crippen LogP contribution is 2.48. The molecule has 0 amide bonds. The van der Waals surface area contributed by atoms with Crippen LogP contribution in [0.4, 0.5) is 0 Å². The number of thiocarbonyl (C=S) groups is 4. The molecule has 0 radical (unpaired) electrons. The third-order valence-corrected chi connectivity index (χ3v) is 23.7. The number of phenolic OH excluding ortho intramolecular Hbond substituents is 4. The van der Waals surface area contributed by atoms with Crippen molar-refractivity contribution in [1.29, 1.82) is 0 Å². The Morgan fingerprint density at radius 3 is 0.530 bits per heavy atom. The van der Waals surface area contributed by atoms with Crippen LogP contribution in [0, 0.1) is 29.1 Å². The van der Waals surface area contributed by atoms with Crippen molar-refractivity contribution in [2.24, 2.45) is 29.1 Å². The molecule has 4 aromatic carbocycles. The van der Waals surface area contributed by atoms with Crippen LogP contribution in [0.5, 0.6) is 23.0 Å². The quantitative estimate of drug-likeness (QED) is 0.0189. The highest BCUT2D eigenvalue weighted by molar-refractivity contribution is 7.80. The van der Waals surface area contributed by atoms with Gasteiger partial charge in [-0.25, -0.2) is 0 Å². The maximum Gasteiger partial charge on any atom is 0.313 e. The smallest absolute Gasteiger partial charge is 0.313 e. The second-order valence-electron chi connectivity index (χ2n) is 41.2. The third kappa shape index (κ3) is 28.8. The minimum Gasteiger partial charge on any atom is -0.507 e. The molecule has 656 valence electrons. The van der Waals surface area contributed by atoms with Gasteiger partial charge in [-0.05, 0) is 210 Å². The van der Waals surface area contributed by atoms with E-state index in [4.69, 9.17) is 86.8 Å². The maximum atomic E-state index is 14.7. The first-order valence-electron chi connectivity index (χ1n) is 42.4. The van der Waals surface area contributed by atoms with Gasteiger partial charge < -0.3 is 58.3 Å². The summed E-state index contributed by atoms with van der Waals surface area (Å²) < 4.78 is 51.9. The van der Waals surface area contributed by atoms with Crippen LogP contribution in [0.25, 0.3) is 0 Å². The Balaban J connectivity index is 2.09. The van der Waals surface area contributed by atoms with Gasteiger partial charge in [0.25, 0.3) is 0 Å². The predicted molar refractivity (Wildman–Crippen MR) is 490 cm³/mol. The van der Waals surface area contributed by atoms with Crippen molar-refractivity contribution in [2.75, 3.05) is 52.9 Å². The molecule has 0 spiro atoms. The molecule has 4 rings (SSSR count). The summed E-state index contributed by atoms with van der Waals surface area (Å²) in [6, 6.07) is 15.1. The standard InChI is InChI=1S/C97H148O16S4/c1-33-37-106-81(102)65(61-45-69(89(9,10)11)77(98)70(46-61)90(12,13)14)41-57(5)85(114)110-53-97(54-111-86(115)58(6)42-66(82(103)107-38-34-2)62-47-71(91(15,16)17)78(99)72(48-62)92(18,19)20,55-112-87(116)59(7)43-67(83(104)108-39-35-3)63-49-73(93(21,22)23)79(100)74(50-63)94(24,25)26)56-113-88(117)60(8)44-68(84(105)109-40-36-4)64-51-75(95(27,28)29)80(101)76(52-64)96(30,31)32/h45-52,57-60,65-68,98-101H,33-44,53-56H2,1-32H3. The first-order valence-corrected chi connectivity index (χ1v) is 44.0. The van der Waals surface area contributed by atoms with E-state index in [1.165, 1.54) is 0 Å². The van der Waals surface area contributed by atoms with Gasteiger partial charge in [-0.1, -0.05) is 270 Å². The van der Waals surface area contributed by atoms with Gasteiger partial charge in [-0.15, -0.1) is 0 Å². The van der Waals surface area contributed by atoms with Crippen LogP contribution in [0.15, 0.2) is 48.5 Å². The van der Waals surface area contributed by atoms with Gasteiger partial charge >= 0.3 is 23.9 Å². The first kappa shape index (κ1) is 103. The van der Waals surface area contributed by atoms with E-state index in [2.05, 4.69) is 0 Å². The summed E-state index contributed by atoms with van der Waals surface area (Å²) in [7, 11) is 0. The van der Waals surface area contributed by atoms with Crippen LogP contribution in [0.2, 0.25) is 0 Å². The summed E-state index contributed by atoms with van der Waals surface area (Å²) >= 11 is 25.5. The van der Waals surface area contributed by atoms with E-state index < -0.39 is 120 Å². The van der Waals surface area contributed by atoms with E-state index >= 15 is 0 Å². The molecule has 0 saturated carbocycles. The van der Waals surface area contributed by atoms with Gasteiger partial charge in [0.15, 0.2) is 20.2 Å². The van der Waals surface area contributed by atoms with Crippen LogP contribution < -0.4 is 0 Å². The molecule has 8 atom stereocenters. The fourth-order valence-electron chi connectivity index (χ4n) is 14.2. The summed E-state index contributed by atoms with van der Waals surface area (Å²) in [5.74, 6) is -7.18. The second-order valence-corrected chi connectivity index (χ2v) is 42.8. The summed E-state index contributed by atoms with van der Waals surface area (Å²) in [4.78, 5) is 58.8. The summed E-state index contributed by atoms with van der Waals surface area (Å²) in [5, 5.41) is 48.2. The topological polar surface area (TPSA) is 223 Å². The fraction of sp³-hybridized carbons (Fsp3) is 0.670. The predicted octanol–water partition coefficient (Wildman–Crippen LogP) is 23.6. The van der Waals surface area contributed by atoms with Gasteiger partial charge in [0, 0.05) is 23.7 Å². The van der Waals surface area contributed by atoms with Crippen LogP contribution in [-0.2, 0) is 100 Å². The fourth-order valence-corrected chi connectivity index (χ4v) is 14.8. The van der Waals surface area contributed by atoms with Gasteiger partial charge in [0.05, 0.1) is 50.1 Å². The number of phenols is 4. The van der Waals surface area contributed by atoms with Crippen molar-refractivity contribution >= 4 is 93.0 Å². The Bertz CT molecular complexity index is 3430. The summed E-state index contributed by atoms with van der Waals surface area (Å²) in [5.41, 5.74) is 2.28. The molecule has 0 fully saturated rings. The van der Waals surface area contributed by atoms with Crippen LogP contribution in [-0.4, -0.2) is 117 Å². The molecule has 0 aliphatic heterocycles. The molecule has 4 aromatic rings. The zero-order valence-corrected chi connectivity index (χ0v) is 80.6. The number of esters is 4. The molecule has 20 heteroatoms. The van der Waals surface area contributed by atoms with E-state index in [-0.39, 0.29) is 122 Å². The molecule has 16 nitrogen and oxygen atoms in total. The zero-order chi connectivity index (χ0) is 89.6. The highest BCUT2D eigenvalue weighted by Gasteiger charge is 2.43. The van der Waals surface area contributed by atoms with Crippen molar-refractivity contribution in [3.8, 4) is 23.0 Å². The van der Waals surface area contributed by atoms with Crippen LogP contribution in [0.3, 0.4) is 0 Å². The molecule has 0 aromatic heterocycles. The third-order valence-electron chi connectivity index (χ3n) is 21.6. The molecule has 0 aliphatic carbocycles. The Hall–Kier alpha value is -6.48. The number of rotatable bonds is 36. The van der Waals surface area contributed by atoms with Gasteiger partial charge in [0.1, 0.15) is 54.8 Å². The van der Waals surface area contributed by atoms with Crippen LogP contribution >= 0.6 is 48.9 Å². The molecule has 0 saturated heterocycles. The second kappa shape index (κ2) is 41.9. The largest absolute Gasteiger partial charge is 0.507 e. The van der Waals surface area contributed by atoms with E-state index in [9.17, 15) is 39.6 Å². The van der Waals surface area contributed by atoms with E-state index in [0.29, 0.717) is 92.4 Å². The lowest BCUT2D eigenvalue weighted by molar-refractivity contribution is -0.146. The lowest BCUT2D eigenvalue weighted by Gasteiger charge is -2.35. The lowest BCUT2D eigenvalue weighted by Crippen LogP contribution is -2.45. The summed E-state index contributed by atoms with van der Waals surface area (Å²) in [6.45, 7) is 63.2. The maximum absolute atomic E-state index is 14.7. The van der Waals surface area contributed by atoms with Gasteiger partial charge in [-0.2, -0.15) is 0 Å². The minimum atomic E-state index is -1.49. The molecule has 0 heterocycles. The SMILES string of the molecule is CCCOC(=O)C(CC(C)C(=S)OCC(COC(=S)C(C)CC(C(=O)OCCC)c1cc(C(C)(C)C)c(O)c(C(C)(C)C)c1)(COC(=S)C(C)CC(C(=O)OCCC)c1cc(C(C)(C)C)c(O)c(C(C)(C)C)c1)COC(=S)C(C)CC(C(=O)OCCC)c1cc(C(C)(C)C)c(O)c(C(C)(C)C)c1)c1cc(C(C)(C)C)c(O)c(C(C)(C)C)c1. The number of ether oxygens (including phenoxy) is 8. The van der Waals surface area contributed by atoms with E-state index in [1.807, 2.05) is 270 Å². The Kier molecular flexibility index (Phi) is 36.8. The molecular formula is C97H148O16S4. The molecule has 117 heavy (non-hydrogen) atoms. The number of carbonyl (C=O) groups is 4. The Morgan fingerprint density at radius 1 is 0.274 bits per heavy atom. The van der Waals surface area contributed by atoms with E-state index in [0.717, 1.165) is 0 Å². The normalized spacial score (nSPS) is 15.2. The molecular weight excluding hydrogens is 1550 g/mol. The number of benzene rings is 4. The van der Waals surface area contributed by atoms with Crippen molar-refractivity contribution in [1.82, 2.24) is 0 Å². The monoisotopic (exact) mass is 1700 g/mol. The number of hydrogen-bond donors (Lipinski definition) is 4. The van der Waals surface area contributed by atoms with Crippen molar-refractivity contribution in [3.63, 3.8) is 0 Å². The number of aromatic hydroxyl groups is 4. The van der Waals surface area contributed by atoms with E-state index in [1.54, 1.807) is 0 Å². The zero-order valence-electron chi connectivity index (χ0n) is 77.4. The average molecular weight is 1700 g/mol. The number of hydrogen-bond acceptors (Lipinski definition) is 20. The van der Waals surface area contributed by atoms with Crippen molar-refractivity contribution in [3.05, 3.63) is 115 Å². The molecule has 4 N–H and O–H groups in total. The minimum absolute atomic E-state index is 0.117. The number of carbonyl (C=O) groups excluding carboxylic acids is 4. The lowest BCUT2D eigenvalue weighted by atomic mass is 9.76. The molecule has 0 aliphatic rings. The average Bonchev–Trinajstić information content (AvgIpc) is 0.786. The Morgan fingerprint density at radius 2 is 0.410 bits per heavy atom. The summed E-state index contributed by atoms with van der Waals surface area (Å²) in [6.07, 6.45) is 2.84. The van der Waals surface area contributed by atoms with Crippen LogP contribution in [0.1, 0.15) is 363 Å². The Labute approximate surface area is 725 Å². The van der Waals surface area contributed by atoms with Gasteiger partial charge in [0.2, 0.25) is 0 Å². The highest BCUT2D eigenvalue weighted by atomic mass is 32.1. The van der Waals surface area contributed by atoms with Crippen molar-refractivity contribution < 1.29 is 77.5 Å². The molecule has 8 unspecified atom stereocenters. The first-order chi connectivity index (χ1) is 53.5. The molecule has 0 bridgehead atoms. The van der Waals surface area contributed by atoms with Gasteiger partial charge in [-0.3, -0.25) is 19.2 Å². The van der Waals surface area contributed by atoms with Crippen molar-refractivity contribution in [2.45, 2.75) is 340 Å².